The highest BCUT2D eigenvalue weighted by Gasteiger charge is 2.09. The van der Waals surface area contributed by atoms with Crippen LogP contribution in [-0.2, 0) is 13.5 Å². The Balaban J connectivity index is 1.90. The third kappa shape index (κ3) is 3.25. The number of aromatic nitrogens is 3. The highest BCUT2D eigenvalue weighted by Crippen LogP contribution is 2.25. The van der Waals surface area contributed by atoms with Crippen LogP contribution in [0.1, 0.15) is 16.2 Å². The minimum Gasteiger partial charge on any atom is -0.504 e. The number of phenolic OH excluding ortho intramolecular Hbond substituents is 1. The molecule has 20 heavy (non-hydrogen) atoms. The first-order chi connectivity index (χ1) is 9.60. The molecule has 0 bridgehead atoms. The smallest absolute Gasteiger partial charge is 0.251 e. The fraction of sp³-hybridized carbons (Fsp3) is 0.308. The molecule has 1 aromatic carbocycles. The Morgan fingerprint density at radius 3 is 2.90 bits per heavy atom. The number of aromatic hydroxyl groups is 1. The van der Waals surface area contributed by atoms with Crippen molar-refractivity contribution in [1.29, 1.82) is 0 Å². The molecule has 2 rings (SSSR count). The van der Waals surface area contributed by atoms with Gasteiger partial charge in [-0.3, -0.25) is 9.48 Å². The first-order valence-electron chi connectivity index (χ1n) is 6.10. The van der Waals surface area contributed by atoms with Gasteiger partial charge in [0.2, 0.25) is 0 Å². The molecule has 1 heterocycles. The van der Waals surface area contributed by atoms with Crippen molar-refractivity contribution in [3.05, 3.63) is 35.9 Å². The maximum absolute atomic E-state index is 11.9. The lowest BCUT2D eigenvalue weighted by Gasteiger charge is -2.07. The van der Waals surface area contributed by atoms with Crippen LogP contribution in [0.15, 0.2) is 24.5 Å². The maximum Gasteiger partial charge on any atom is 0.251 e. The van der Waals surface area contributed by atoms with Gasteiger partial charge in [0, 0.05) is 25.6 Å². The summed E-state index contributed by atoms with van der Waals surface area (Å²) in [5.41, 5.74) is 0.372. The number of nitrogens with one attached hydrogen (secondary N) is 1. The molecule has 2 aromatic rings. The lowest BCUT2D eigenvalue weighted by molar-refractivity contribution is 0.0953. The zero-order valence-electron chi connectivity index (χ0n) is 11.3. The minimum atomic E-state index is -0.265. The van der Waals surface area contributed by atoms with E-state index in [9.17, 15) is 9.90 Å². The first kappa shape index (κ1) is 13.9. The topological polar surface area (TPSA) is 89.3 Å². The summed E-state index contributed by atoms with van der Waals surface area (Å²) in [6, 6.07) is 4.50. The van der Waals surface area contributed by atoms with Gasteiger partial charge in [0.25, 0.3) is 5.91 Å². The Morgan fingerprint density at radius 2 is 2.30 bits per heavy atom. The second kappa shape index (κ2) is 6.05. The molecule has 0 atom stereocenters. The van der Waals surface area contributed by atoms with E-state index in [0.29, 0.717) is 30.1 Å². The van der Waals surface area contributed by atoms with Crippen molar-refractivity contribution < 1.29 is 14.6 Å². The molecule has 0 saturated heterocycles. The lowest BCUT2D eigenvalue weighted by Crippen LogP contribution is -2.25. The van der Waals surface area contributed by atoms with Crippen LogP contribution < -0.4 is 10.1 Å². The van der Waals surface area contributed by atoms with Gasteiger partial charge in [-0.15, -0.1) is 0 Å². The maximum atomic E-state index is 11.9. The highest BCUT2D eigenvalue weighted by molar-refractivity contribution is 5.94. The molecule has 106 valence electrons. The third-order valence-electron chi connectivity index (χ3n) is 2.72. The van der Waals surface area contributed by atoms with Crippen molar-refractivity contribution in [3.8, 4) is 11.5 Å². The summed E-state index contributed by atoms with van der Waals surface area (Å²) in [5, 5.41) is 16.5. The number of nitrogens with zero attached hydrogens (tertiary/aromatic N) is 3. The van der Waals surface area contributed by atoms with Crippen LogP contribution in [0.4, 0.5) is 0 Å². The summed E-state index contributed by atoms with van der Waals surface area (Å²) in [6.45, 7) is 0.426. The molecule has 7 heteroatoms. The van der Waals surface area contributed by atoms with Gasteiger partial charge >= 0.3 is 0 Å². The largest absolute Gasteiger partial charge is 0.504 e. The van der Waals surface area contributed by atoms with E-state index in [4.69, 9.17) is 4.74 Å². The second-order valence-electron chi connectivity index (χ2n) is 4.23. The van der Waals surface area contributed by atoms with E-state index in [1.165, 1.54) is 13.2 Å². The van der Waals surface area contributed by atoms with Crippen molar-refractivity contribution in [1.82, 2.24) is 20.1 Å². The Hall–Kier alpha value is -2.57. The normalized spacial score (nSPS) is 10.3. The van der Waals surface area contributed by atoms with E-state index in [2.05, 4.69) is 15.4 Å². The van der Waals surface area contributed by atoms with Crippen molar-refractivity contribution in [2.24, 2.45) is 7.05 Å². The van der Waals surface area contributed by atoms with Gasteiger partial charge in [-0.1, -0.05) is 0 Å². The van der Waals surface area contributed by atoms with Crippen molar-refractivity contribution in [3.63, 3.8) is 0 Å². The number of aryl methyl sites for hydroxylation is 1. The predicted molar refractivity (Wildman–Crippen MR) is 71.7 cm³/mol. The number of carbonyl (C=O) groups is 1. The Bertz CT molecular complexity index is 609. The van der Waals surface area contributed by atoms with Crippen molar-refractivity contribution in [2.45, 2.75) is 6.42 Å². The van der Waals surface area contributed by atoms with Gasteiger partial charge in [-0.05, 0) is 18.2 Å². The number of hydrogen-bond acceptors (Lipinski definition) is 5. The van der Waals surface area contributed by atoms with Gasteiger partial charge in [-0.25, -0.2) is 4.98 Å². The van der Waals surface area contributed by atoms with E-state index in [1.807, 2.05) is 0 Å². The highest BCUT2D eigenvalue weighted by atomic mass is 16.5. The summed E-state index contributed by atoms with van der Waals surface area (Å²) >= 11 is 0. The molecule has 7 nitrogen and oxygen atoms in total. The number of rotatable bonds is 5. The summed E-state index contributed by atoms with van der Waals surface area (Å²) < 4.78 is 6.53. The molecule has 0 fully saturated rings. The minimum absolute atomic E-state index is 0.0634. The van der Waals surface area contributed by atoms with Crippen molar-refractivity contribution in [2.75, 3.05) is 13.7 Å². The molecule has 0 spiro atoms. The summed E-state index contributed by atoms with van der Waals surface area (Å²) in [7, 11) is 3.24. The Kier molecular flexibility index (Phi) is 4.19. The van der Waals surface area contributed by atoms with Crippen molar-refractivity contribution >= 4 is 5.91 Å². The average Bonchev–Trinajstić information content (AvgIpc) is 2.84. The van der Waals surface area contributed by atoms with E-state index >= 15 is 0 Å². The monoisotopic (exact) mass is 276 g/mol. The average molecular weight is 276 g/mol. The van der Waals surface area contributed by atoms with Crippen LogP contribution in [0.2, 0.25) is 0 Å². The van der Waals surface area contributed by atoms with E-state index in [-0.39, 0.29) is 11.7 Å². The van der Waals surface area contributed by atoms with Gasteiger partial charge in [0.1, 0.15) is 6.33 Å². The summed E-state index contributed by atoms with van der Waals surface area (Å²) in [6.07, 6.45) is 2.16. The molecule has 1 amide bonds. The number of benzene rings is 1. The van der Waals surface area contributed by atoms with Crippen LogP contribution >= 0.6 is 0 Å². The predicted octanol–water partition coefficient (Wildman–Crippen LogP) is 0.502. The van der Waals surface area contributed by atoms with Crippen LogP contribution in [0.3, 0.4) is 0 Å². The molecule has 2 N–H and O–H groups in total. The SMILES string of the molecule is COc1ccc(C(=O)NCCc2ncn(C)n2)cc1O. The number of hydrogen-bond donors (Lipinski definition) is 2. The molecule has 0 aliphatic heterocycles. The van der Waals surface area contributed by atoms with Gasteiger partial charge < -0.3 is 15.2 Å². The molecule has 0 saturated carbocycles. The van der Waals surface area contributed by atoms with Gasteiger partial charge in [0.15, 0.2) is 17.3 Å². The molecular formula is C13H16N4O3. The van der Waals surface area contributed by atoms with Crippen LogP contribution in [0.25, 0.3) is 0 Å². The molecule has 0 aliphatic rings. The number of ether oxygens (including phenoxy) is 1. The Morgan fingerprint density at radius 1 is 1.50 bits per heavy atom. The molecular weight excluding hydrogens is 260 g/mol. The molecule has 0 unspecified atom stereocenters. The zero-order chi connectivity index (χ0) is 14.5. The third-order valence-corrected chi connectivity index (χ3v) is 2.72. The molecule has 0 radical (unpaired) electrons. The first-order valence-corrected chi connectivity index (χ1v) is 6.10. The van der Waals surface area contributed by atoms with E-state index in [0.717, 1.165) is 0 Å². The molecule has 1 aromatic heterocycles. The quantitative estimate of drug-likeness (QED) is 0.830. The van der Waals surface area contributed by atoms with Gasteiger partial charge in [-0.2, -0.15) is 5.10 Å². The van der Waals surface area contributed by atoms with E-state index in [1.54, 1.807) is 30.2 Å². The summed E-state index contributed by atoms with van der Waals surface area (Å²) in [5.74, 6) is 0.676. The van der Waals surface area contributed by atoms with Crippen LogP contribution in [-0.4, -0.2) is 39.4 Å². The summed E-state index contributed by atoms with van der Waals surface area (Å²) in [4.78, 5) is 15.9. The lowest BCUT2D eigenvalue weighted by atomic mass is 10.2. The second-order valence-corrected chi connectivity index (χ2v) is 4.23. The van der Waals surface area contributed by atoms with E-state index < -0.39 is 0 Å². The molecule has 0 aliphatic carbocycles. The fourth-order valence-electron chi connectivity index (χ4n) is 1.72. The van der Waals surface area contributed by atoms with Crippen LogP contribution in [0.5, 0.6) is 11.5 Å². The Labute approximate surface area is 116 Å². The number of phenols is 1. The number of carbonyl (C=O) groups excluding carboxylic acids is 1. The zero-order valence-corrected chi connectivity index (χ0v) is 11.3. The number of methoxy groups -OCH3 is 1. The van der Waals surface area contributed by atoms with Gasteiger partial charge in [0.05, 0.1) is 7.11 Å². The standard InChI is InChI=1S/C13H16N4O3/c1-17-8-15-12(16-17)5-6-14-13(19)9-3-4-11(20-2)10(18)7-9/h3-4,7-8,18H,5-6H2,1-2H3,(H,14,19). The van der Waals surface area contributed by atoms with Crippen LogP contribution in [0, 0.1) is 0 Å². The number of amides is 1. The fourth-order valence-corrected chi connectivity index (χ4v) is 1.72.